The molecule has 1 aromatic rings. The Balaban J connectivity index is 3.16. The van der Waals surface area contributed by atoms with E-state index >= 15 is 0 Å². The Labute approximate surface area is 68.9 Å². The molecule has 11 heavy (non-hydrogen) atoms. The maximum Gasteiger partial charge on any atom is 0.132 e. The molecular formula is C8H11N2P. The molecule has 0 spiro atoms. The highest BCUT2D eigenvalue weighted by Gasteiger charge is 1.96. The van der Waals surface area contributed by atoms with Crippen molar-refractivity contribution in [2.75, 3.05) is 12.4 Å². The average Bonchev–Trinajstić information content (AvgIpc) is 2.04. The Bertz CT molecular complexity index is 271. The van der Waals surface area contributed by atoms with Crippen LogP contribution in [0.4, 0.5) is 5.82 Å². The van der Waals surface area contributed by atoms with Crippen molar-refractivity contribution in [2.24, 2.45) is 0 Å². The second-order valence-electron chi connectivity index (χ2n) is 2.16. The maximum absolute atomic E-state index is 4.16. The number of pyridine rings is 1. The van der Waals surface area contributed by atoms with Crippen LogP contribution in [0.2, 0.25) is 0 Å². The molecule has 1 rings (SSSR count). The van der Waals surface area contributed by atoms with Crippen LogP contribution in [0, 0.1) is 0 Å². The third kappa shape index (κ3) is 1.78. The van der Waals surface area contributed by atoms with Gasteiger partial charge in [-0.05, 0) is 11.4 Å². The number of hydrogen-bond donors (Lipinski definition) is 1. The van der Waals surface area contributed by atoms with Crippen molar-refractivity contribution in [3.63, 3.8) is 0 Å². The summed E-state index contributed by atoms with van der Waals surface area (Å²) in [5, 5.41) is 4.05. The SMILES string of the molecule is C=Cc1cc(P)cnc1NC. The van der Waals surface area contributed by atoms with E-state index in [-0.39, 0.29) is 0 Å². The predicted octanol–water partition coefficient (Wildman–Crippen LogP) is 1.27. The zero-order valence-electron chi connectivity index (χ0n) is 6.46. The molecule has 0 saturated carbocycles. The zero-order chi connectivity index (χ0) is 8.27. The lowest BCUT2D eigenvalue weighted by Crippen LogP contribution is -2.00. The third-order valence-corrected chi connectivity index (χ3v) is 1.71. The van der Waals surface area contributed by atoms with E-state index in [1.165, 1.54) is 0 Å². The van der Waals surface area contributed by atoms with Gasteiger partial charge in [-0.2, -0.15) is 0 Å². The fourth-order valence-corrected chi connectivity index (χ4v) is 1.12. The molecule has 58 valence electrons. The van der Waals surface area contributed by atoms with Crippen LogP contribution in [0.25, 0.3) is 6.08 Å². The van der Waals surface area contributed by atoms with E-state index in [1.54, 1.807) is 12.3 Å². The molecule has 0 aliphatic rings. The summed E-state index contributed by atoms with van der Waals surface area (Å²) in [5.74, 6) is 0.867. The lowest BCUT2D eigenvalue weighted by Gasteiger charge is -2.03. The van der Waals surface area contributed by atoms with E-state index in [1.807, 2.05) is 13.1 Å². The third-order valence-electron chi connectivity index (χ3n) is 1.40. The van der Waals surface area contributed by atoms with Crippen molar-refractivity contribution in [1.82, 2.24) is 4.98 Å². The Hall–Kier alpha value is -0.880. The number of nitrogens with one attached hydrogen (secondary N) is 1. The van der Waals surface area contributed by atoms with Crippen molar-refractivity contribution in [3.05, 3.63) is 24.4 Å². The van der Waals surface area contributed by atoms with E-state index < -0.39 is 0 Å². The van der Waals surface area contributed by atoms with Crippen molar-refractivity contribution < 1.29 is 0 Å². The second-order valence-corrected chi connectivity index (χ2v) is 2.83. The predicted molar refractivity (Wildman–Crippen MR) is 53.2 cm³/mol. The van der Waals surface area contributed by atoms with E-state index in [0.717, 1.165) is 16.7 Å². The van der Waals surface area contributed by atoms with Gasteiger partial charge in [-0.25, -0.2) is 4.98 Å². The van der Waals surface area contributed by atoms with Crippen LogP contribution in [0.3, 0.4) is 0 Å². The first kappa shape index (κ1) is 8.22. The van der Waals surface area contributed by atoms with Crippen LogP contribution in [0.5, 0.6) is 0 Å². The summed E-state index contributed by atoms with van der Waals surface area (Å²) >= 11 is 0. The van der Waals surface area contributed by atoms with Gasteiger partial charge in [0.1, 0.15) is 5.82 Å². The molecular weight excluding hydrogens is 155 g/mol. The van der Waals surface area contributed by atoms with Crippen molar-refractivity contribution in [2.45, 2.75) is 0 Å². The molecule has 0 amide bonds. The smallest absolute Gasteiger partial charge is 0.132 e. The highest BCUT2D eigenvalue weighted by atomic mass is 31.0. The van der Waals surface area contributed by atoms with E-state index in [4.69, 9.17) is 0 Å². The quantitative estimate of drug-likeness (QED) is 0.669. The minimum atomic E-state index is 0.867. The molecule has 1 aromatic heterocycles. The maximum atomic E-state index is 4.16. The second kappa shape index (κ2) is 3.49. The van der Waals surface area contributed by atoms with Gasteiger partial charge < -0.3 is 5.32 Å². The first-order chi connectivity index (χ1) is 5.27. The number of anilines is 1. The molecule has 0 bridgehead atoms. The van der Waals surface area contributed by atoms with Crippen molar-refractivity contribution in [3.8, 4) is 0 Å². The van der Waals surface area contributed by atoms with Gasteiger partial charge in [0.25, 0.3) is 0 Å². The van der Waals surface area contributed by atoms with Crippen LogP contribution < -0.4 is 10.6 Å². The molecule has 1 heterocycles. The lowest BCUT2D eigenvalue weighted by molar-refractivity contribution is 1.29. The molecule has 0 aliphatic heterocycles. The number of rotatable bonds is 2. The van der Waals surface area contributed by atoms with Gasteiger partial charge in [-0.15, -0.1) is 9.24 Å². The van der Waals surface area contributed by atoms with Gasteiger partial charge in [-0.1, -0.05) is 12.7 Å². The highest BCUT2D eigenvalue weighted by Crippen LogP contribution is 2.10. The van der Waals surface area contributed by atoms with Crippen molar-refractivity contribution in [1.29, 1.82) is 0 Å². The van der Waals surface area contributed by atoms with Crippen LogP contribution in [0.15, 0.2) is 18.8 Å². The Morgan fingerprint density at radius 3 is 3.00 bits per heavy atom. The molecule has 0 saturated heterocycles. The highest BCUT2D eigenvalue weighted by molar-refractivity contribution is 7.27. The number of nitrogens with zero attached hydrogens (tertiary/aromatic N) is 1. The van der Waals surface area contributed by atoms with Gasteiger partial charge in [0.2, 0.25) is 0 Å². The Morgan fingerprint density at radius 1 is 1.73 bits per heavy atom. The van der Waals surface area contributed by atoms with E-state index in [2.05, 4.69) is 26.1 Å². The van der Waals surface area contributed by atoms with E-state index in [9.17, 15) is 0 Å². The Kier molecular flexibility index (Phi) is 2.61. The molecule has 0 aliphatic carbocycles. The van der Waals surface area contributed by atoms with E-state index in [0.29, 0.717) is 0 Å². The summed E-state index contributed by atoms with van der Waals surface area (Å²) in [6.07, 6.45) is 3.58. The summed E-state index contributed by atoms with van der Waals surface area (Å²) in [5.41, 5.74) is 1.03. The van der Waals surface area contributed by atoms with Gasteiger partial charge >= 0.3 is 0 Å². The van der Waals surface area contributed by atoms with Crippen LogP contribution in [0.1, 0.15) is 5.56 Å². The number of hydrogen-bond acceptors (Lipinski definition) is 2. The molecule has 1 atom stereocenters. The fraction of sp³-hybridized carbons (Fsp3) is 0.125. The normalized spacial score (nSPS) is 9.27. The number of aromatic nitrogens is 1. The summed E-state index contributed by atoms with van der Waals surface area (Å²) < 4.78 is 0. The minimum absolute atomic E-state index is 0.867. The molecule has 1 N–H and O–H groups in total. The monoisotopic (exact) mass is 166 g/mol. The zero-order valence-corrected chi connectivity index (χ0v) is 7.62. The van der Waals surface area contributed by atoms with Gasteiger partial charge in [0, 0.05) is 18.8 Å². The summed E-state index contributed by atoms with van der Waals surface area (Å²) in [4.78, 5) is 4.16. The summed E-state index contributed by atoms with van der Waals surface area (Å²) in [7, 11) is 4.44. The van der Waals surface area contributed by atoms with Gasteiger partial charge in [0.15, 0.2) is 0 Å². The largest absolute Gasteiger partial charge is 0.373 e. The molecule has 3 heteroatoms. The summed E-state index contributed by atoms with van der Waals surface area (Å²) in [6, 6.07) is 2.01. The average molecular weight is 166 g/mol. The first-order valence-electron chi connectivity index (χ1n) is 3.33. The van der Waals surface area contributed by atoms with Crippen LogP contribution in [-0.2, 0) is 0 Å². The first-order valence-corrected chi connectivity index (χ1v) is 3.91. The molecule has 1 unspecified atom stereocenters. The van der Waals surface area contributed by atoms with Crippen molar-refractivity contribution >= 4 is 26.4 Å². The van der Waals surface area contributed by atoms with Crippen LogP contribution >= 0.6 is 9.24 Å². The lowest BCUT2D eigenvalue weighted by atomic mass is 10.2. The standard InChI is InChI=1S/C8H11N2P/c1-3-6-4-7(11)5-10-8(6)9-2/h3-5H,1,11H2,2H3,(H,9,10). The minimum Gasteiger partial charge on any atom is -0.373 e. The Morgan fingerprint density at radius 2 is 2.45 bits per heavy atom. The molecule has 0 aromatic carbocycles. The molecule has 2 nitrogen and oxygen atoms in total. The van der Waals surface area contributed by atoms with Gasteiger partial charge in [-0.3, -0.25) is 0 Å². The van der Waals surface area contributed by atoms with Gasteiger partial charge in [0.05, 0.1) is 0 Å². The fourth-order valence-electron chi connectivity index (χ4n) is 0.863. The molecule has 0 radical (unpaired) electrons. The van der Waals surface area contributed by atoms with Crippen LogP contribution in [-0.4, -0.2) is 12.0 Å². The topological polar surface area (TPSA) is 24.9 Å². The molecule has 0 fully saturated rings. The summed E-state index contributed by atoms with van der Waals surface area (Å²) in [6.45, 7) is 3.69.